The molecule has 0 unspecified atom stereocenters. The Hall–Kier alpha value is -3.06. The number of sulfonamides is 1. The van der Waals surface area contributed by atoms with E-state index in [0.717, 1.165) is 5.56 Å². The summed E-state index contributed by atoms with van der Waals surface area (Å²) in [7, 11) is -3.55. The molecule has 0 aliphatic carbocycles. The van der Waals surface area contributed by atoms with Crippen molar-refractivity contribution in [3.05, 3.63) is 84.3 Å². The zero-order valence-corrected chi connectivity index (χ0v) is 17.0. The van der Waals surface area contributed by atoms with Gasteiger partial charge >= 0.3 is 0 Å². The van der Waals surface area contributed by atoms with Crippen molar-refractivity contribution in [2.24, 2.45) is 0 Å². The van der Waals surface area contributed by atoms with E-state index < -0.39 is 16.1 Å². The molecule has 1 aromatic heterocycles. The first-order chi connectivity index (χ1) is 13.9. The highest BCUT2D eigenvalue weighted by molar-refractivity contribution is 7.92. The molecule has 2 heterocycles. The maximum atomic E-state index is 13.1. The normalized spacial score (nSPS) is 18.9. The summed E-state index contributed by atoms with van der Waals surface area (Å²) < 4.78 is 32.3. The van der Waals surface area contributed by atoms with E-state index in [1.54, 1.807) is 29.2 Å². The minimum Gasteiger partial charge on any atom is -0.459 e. The molecule has 0 saturated heterocycles. The number of furan rings is 1. The molecule has 0 fully saturated rings. The van der Waals surface area contributed by atoms with Gasteiger partial charge in [-0.2, -0.15) is 0 Å². The molecule has 2 aromatic carbocycles. The van der Waals surface area contributed by atoms with E-state index >= 15 is 0 Å². The summed E-state index contributed by atoms with van der Waals surface area (Å²) in [5.74, 6) is 0.0205. The average molecular weight is 410 g/mol. The molecule has 2 atom stereocenters. The number of para-hydroxylation sites is 2. The topological polar surface area (TPSA) is 70.8 Å². The first-order valence-corrected chi connectivity index (χ1v) is 11.2. The van der Waals surface area contributed by atoms with E-state index in [1.165, 1.54) is 16.8 Å². The van der Waals surface area contributed by atoms with Crippen molar-refractivity contribution in [3.8, 4) is 0 Å². The van der Waals surface area contributed by atoms with E-state index in [0.29, 0.717) is 17.8 Å². The second-order valence-electron chi connectivity index (χ2n) is 7.21. The highest BCUT2D eigenvalue weighted by Gasteiger charge is 2.40. The number of amides is 1. The Labute approximate surface area is 170 Å². The van der Waals surface area contributed by atoms with Crippen molar-refractivity contribution >= 4 is 27.3 Å². The largest absolute Gasteiger partial charge is 0.459 e. The minimum absolute atomic E-state index is 0.222. The second-order valence-corrected chi connectivity index (χ2v) is 9.07. The van der Waals surface area contributed by atoms with E-state index in [-0.39, 0.29) is 17.7 Å². The Balaban J connectivity index is 1.83. The van der Waals surface area contributed by atoms with Crippen LogP contribution >= 0.6 is 0 Å². The van der Waals surface area contributed by atoms with Crippen molar-refractivity contribution in [3.63, 3.8) is 0 Å². The molecule has 0 spiro atoms. The average Bonchev–Trinajstić information content (AvgIpc) is 3.22. The summed E-state index contributed by atoms with van der Waals surface area (Å²) in [5.41, 5.74) is 2.09. The maximum absolute atomic E-state index is 13.1. The molecule has 0 N–H and O–H groups in total. The molecule has 1 aliphatic heterocycles. The zero-order chi connectivity index (χ0) is 20.6. The van der Waals surface area contributed by atoms with Gasteiger partial charge in [0.15, 0.2) is 5.76 Å². The Morgan fingerprint density at radius 1 is 1.03 bits per heavy atom. The van der Waals surface area contributed by atoms with E-state index in [9.17, 15) is 13.2 Å². The molecule has 1 amide bonds. The SMILES string of the molecule is C[C@H]1C[C@@H](N(c2ccccc2)S(C)(=O)=O)c2ccccc2N1C(=O)c1ccco1. The molecule has 4 rings (SSSR count). The van der Waals surface area contributed by atoms with Crippen LogP contribution in [-0.4, -0.2) is 26.6 Å². The maximum Gasteiger partial charge on any atom is 0.294 e. The van der Waals surface area contributed by atoms with Crippen LogP contribution < -0.4 is 9.21 Å². The molecular formula is C22H22N2O4S. The fraction of sp³-hybridized carbons (Fsp3) is 0.227. The van der Waals surface area contributed by atoms with Crippen molar-refractivity contribution in [1.29, 1.82) is 0 Å². The smallest absolute Gasteiger partial charge is 0.294 e. The lowest BCUT2D eigenvalue weighted by atomic mass is 9.91. The predicted molar refractivity (Wildman–Crippen MR) is 113 cm³/mol. The Morgan fingerprint density at radius 2 is 1.72 bits per heavy atom. The third-order valence-electron chi connectivity index (χ3n) is 5.16. The predicted octanol–water partition coefficient (Wildman–Crippen LogP) is 4.23. The quantitative estimate of drug-likeness (QED) is 0.645. The number of carbonyl (C=O) groups excluding carboxylic acids is 1. The summed E-state index contributed by atoms with van der Waals surface area (Å²) in [6.07, 6.45) is 3.15. The van der Waals surface area contributed by atoms with E-state index in [2.05, 4.69) is 0 Å². The lowest BCUT2D eigenvalue weighted by molar-refractivity contribution is 0.0947. The van der Waals surface area contributed by atoms with Gasteiger partial charge in [-0.3, -0.25) is 9.10 Å². The van der Waals surface area contributed by atoms with Gasteiger partial charge in [0.2, 0.25) is 10.0 Å². The third kappa shape index (κ3) is 3.53. The molecular weight excluding hydrogens is 388 g/mol. The standard InChI is InChI=1S/C22H22N2O4S/c1-16-15-20(24(29(2,26)27)17-9-4-3-5-10-17)18-11-6-7-12-19(18)23(16)22(25)21-13-8-14-28-21/h3-14,16,20H,15H2,1-2H3/t16-,20+/m0/s1. The fourth-order valence-electron chi connectivity index (χ4n) is 4.01. The summed E-state index contributed by atoms with van der Waals surface area (Å²) >= 11 is 0. The molecule has 1 aliphatic rings. The lowest BCUT2D eigenvalue weighted by Gasteiger charge is -2.43. The molecule has 6 nitrogen and oxygen atoms in total. The van der Waals surface area contributed by atoms with Crippen molar-refractivity contribution < 1.29 is 17.6 Å². The van der Waals surface area contributed by atoms with Crippen LogP contribution in [0.4, 0.5) is 11.4 Å². The number of fused-ring (bicyclic) bond motifs is 1. The van der Waals surface area contributed by atoms with Crippen molar-refractivity contribution in [2.75, 3.05) is 15.5 Å². The van der Waals surface area contributed by atoms with Crippen molar-refractivity contribution in [2.45, 2.75) is 25.4 Å². The summed E-state index contributed by atoms with van der Waals surface area (Å²) in [5, 5.41) is 0. The number of benzene rings is 2. The highest BCUT2D eigenvalue weighted by Crippen LogP contribution is 2.43. The molecule has 0 saturated carbocycles. The number of carbonyl (C=O) groups is 1. The van der Waals surface area contributed by atoms with Gasteiger partial charge in [0.25, 0.3) is 5.91 Å². The van der Waals surface area contributed by atoms with Crippen LogP contribution in [0.5, 0.6) is 0 Å². The Kier molecular flexibility index (Phi) is 4.92. The molecule has 150 valence electrons. The first kappa shape index (κ1) is 19.3. The molecule has 29 heavy (non-hydrogen) atoms. The summed E-state index contributed by atoms with van der Waals surface area (Å²) in [6.45, 7) is 1.93. The number of rotatable bonds is 4. The van der Waals surface area contributed by atoms with E-state index in [4.69, 9.17) is 4.42 Å². The summed E-state index contributed by atoms with van der Waals surface area (Å²) in [6, 6.07) is 19.2. The number of anilines is 2. The van der Waals surface area contributed by atoms with Gasteiger partial charge in [-0.1, -0.05) is 36.4 Å². The second kappa shape index (κ2) is 7.40. The molecule has 3 aromatic rings. The van der Waals surface area contributed by atoms with Gasteiger partial charge in [0.1, 0.15) is 0 Å². The lowest BCUT2D eigenvalue weighted by Crippen LogP contribution is -2.47. The van der Waals surface area contributed by atoms with Crippen LogP contribution in [0.15, 0.2) is 77.4 Å². The van der Waals surface area contributed by atoms with Gasteiger partial charge < -0.3 is 9.32 Å². The van der Waals surface area contributed by atoms with Gasteiger partial charge in [-0.15, -0.1) is 0 Å². The van der Waals surface area contributed by atoms with Crippen LogP contribution in [0.3, 0.4) is 0 Å². The van der Waals surface area contributed by atoms with Gasteiger partial charge in [-0.25, -0.2) is 8.42 Å². The number of nitrogens with zero attached hydrogens (tertiary/aromatic N) is 2. The van der Waals surface area contributed by atoms with Gasteiger partial charge in [-0.05, 0) is 49.2 Å². The Bertz CT molecular complexity index is 1110. The molecule has 0 radical (unpaired) electrons. The fourth-order valence-corrected chi connectivity index (χ4v) is 5.18. The van der Waals surface area contributed by atoms with Crippen LogP contribution in [0.2, 0.25) is 0 Å². The van der Waals surface area contributed by atoms with Gasteiger partial charge in [0.05, 0.1) is 24.2 Å². The van der Waals surface area contributed by atoms with Crippen LogP contribution in [0, 0.1) is 0 Å². The van der Waals surface area contributed by atoms with Crippen LogP contribution in [-0.2, 0) is 10.0 Å². The van der Waals surface area contributed by atoms with Crippen LogP contribution in [0.25, 0.3) is 0 Å². The minimum atomic E-state index is -3.55. The third-order valence-corrected chi connectivity index (χ3v) is 6.34. The number of hydrogen-bond donors (Lipinski definition) is 0. The highest BCUT2D eigenvalue weighted by atomic mass is 32.2. The van der Waals surface area contributed by atoms with Gasteiger partial charge in [0, 0.05) is 11.7 Å². The summed E-state index contributed by atoms with van der Waals surface area (Å²) in [4.78, 5) is 14.8. The monoisotopic (exact) mass is 410 g/mol. The Morgan fingerprint density at radius 3 is 2.38 bits per heavy atom. The van der Waals surface area contributed by atoms with Crippen molar-refractivity contribution in [1.82, 2.24) is 0 Å². The van der Waals surface area contributed by atoms with E-state index in [1.807, 2.05) is 49.4 Å². The number of hydrogen-bond acceptors (Lipinski definition) is 4. The molecule has 7 heteroatoms. The van der Waals surface area contributed by atoms with Crippen LogP contribution in [0.1, 0.15) is 35.5 Å². The first-order valence-electron chi connectivity index (χ1n) is 9.38. The molecule has 0 bridgehead atoms. The zero-order valence-electron chi connectivity index (χ0n) is 16.2.